The second-order valence-corrected chi connectivity index (χ2v) is 1.71. The molecule has 2 heteroatoms. The number of benzene rings is 1. The van der Waals surface area contributed by atoms with Crippen LogP contribution in [0.2, 0.25) is 0 Å². The van der Waals surface area contributed by atoms with Crippen molar-refractivity contribution in [3.8, 4) is 17.2 Å². The molecule has 0 bridgehead atoms. The summed E-state index contributed by atoms with van der Waals surface area (Å²) in [6, 6.07) is 5.17. The van der Waals surface area contributed by atoms with E-state index in [1.165, 1.54) is 0 Å². The van der Waals surface area contributed by atoms with E-state index in [4.69, 9.17) is 9.84 Å². The van der Waals surface area contributed by atoms with Gasteiger partial charge in [-0.3, -0.25) is 0 Å². The van der Waals surface area contributed by atoms with Crippen molar-refractivity contribution in [1.82, 2.24) is 0 Å². The number of fused-ring (bicyclic) bond motifs is 1. The summed E-state index contributed by atoms with van der Waals surface area (Å²) in [5.74, 6) is 1.67. The molecule has 0 unspecified atom stereocenters. The first kappa shape index (κ1) is 3.78. The summed E-state index contributed by atoms with van der Waals surface area (Å²) >= 11 is 0. The average Bonchev–Trinajstić information content (AvgIpc) is 2.45. The Balaban J connectivity index is 2.70. The molecule has 1 N–H and O–H groups in total. The van der Waals surface area contributed by atoms with Crippen molar-refractivity contribution in [3.05, 3.63) is 18.2 Å². The zero-order valence-corrected chi connectivity index (χ0v) is 4.09. The van der Waals surface area contributed by atoms with Crippen LogP contribution in [0, 0.1) is 0 Å². The summed E-state index contributed by atoms with van der Waals surface area (Å²) in [6.07, 6.45) is 0. The molecule has 0 aromatic heterocycles. The first-order chi connectivity index (χ1) is 3.88. The van der Waals surface area contributed by atoms with Gasteiger partial charge in [-0.15, -0.1) is 0 Å². The van der Waals surface area contributed by atoms with Crippen molar-refractivity contribution in [2.75, 3.05) is 0 Å². The number of aromatic hydroxyl groups is 1. The normalized spacial score (nSPS) is 12.0. The SMILES string of the molecule is Oc1cccc2c1O2. The minimum atomic E-state index is 0.238. The van der Waals surface area contributed by atoms with E-state index in [1.807, 2.05) is 6.07 Å². The summed E-state index contributed by atoms with van der Waals surface area (Å²) in [7, 11) is 0. The molecular formula is C6H4O2. The van der Waals surface area contributed by atoms with Gasteiger partial charge in [0.15, 0.2) is 11.5 Å². The Bertz CT molecular complexity index is 230. The van der Waals surface area contributed by atoms with Crippen LogP contribution in [-0.4, -0.2) is 5.11 Å². The minimum absolute atomic E-state index is 0.238. The molecule has 40 valence electrons. The van der Waals surface area contributed by atoms with Crippen molar-refractivity contribution in [1.29, 1.82) is 0 Å². The predicted molar refractivity (Wildman–Crippen MR) is 28.2 cm³/mol. The van der Waals surface area contributed by atoms with Crippen molar-refractivity contribution < 1.29 is 9.84 Å². The molecule has 1 aromatic rings. The second-order valence-electron chi connectivity index (χ2n) is 1.71. The largest absolute Gasteiger partial charge is 0.504 e. The number of hydrogen-bond donors (Lipinski definition) is 1. The van der Waals surface area contributed by atoms with Gasteiger partial charge in [0.25, 0.3) is 0 Å². The van der Waals surface area contributed by atoms with E-state index < -0.39 is 0 Å². The fraction of sp³-hybridized carbons (Fsp3) is 0. The zero-order chi connectivity index (χ0) is 5.56. The maximum atomic E-state index is 8.85. The van der Waals surface area contributed by atoms with Gasteiger partial charge in [0.1, 0.15) is 0 Å². The Morgan fingerprint density at radius 3 is 2.88 bits per heavy atom. The van der Waals surface area contributed by atoms with E-state index in [0.717, 1.165) is 5.75 Å². The maximum absolute atomic E-state index is 8.85. The van der Waals surface area contributed by atoms with E-state index in [9.17, 15) is 0 Å². The number of para-hydroxylation sites is 1. The first-order valence-corrected chi connectivity index (χ1v) is 2.38. The molecule has 0 aliphatic carbocycles. The number of phenolic OH excluding ortho intramolecular Hbond substituents is 1. The lowest BCUT2D eigenvalue weighted by atomic mass is 10.3. The third-order valence-electron chi connectivity index (χ3n) is 1.13. The van der Waals surface area contributed by atoms with Crippen LogP contribution in [0.3, 0.4) is 0 Å². The lowest BCUT2D eigenvalue weighted by Crippen LogP contribution is -1.50. The Morgan fingerprint density at radius 1 is 1.38 bits per heavy atom. The van der Waals surface area contributed by atoms with E-state index >= 15 is 0 Å². The highest BCUT2D eigenvalue weighted by atomic mass is 16.6. The average molecular weight is 108 g/mol. The van der Waals surface area contributed by atoms with Crippen LogP contribution >= 0.6 is 0 Å². The quantitative estimate of drug-likeness (QED) is 0.518. The lowest BCUT2D eigenvalue weighted by molar-refractivity contribution is 0.463. The summed E-state index contributed by atoms with van der Waals surface area (Å²) in [4.78, 5) is 0. The maximum Gasteiger partial charge on any atom is 0.211 e. The molecule has 2 rings (SSSR count). The molecule has 0 fully saturated rings. The lowest BCUT2D eigenvalue weighted by Gasteiger charge is -1.77. The van der Waals surface area contributed by atoms with Crippen LogP contribution in [0.25, 0.3) is 0 Å². The molecular weight excluding hydrogens is 104 g/mol. The standard InChI is InChI=1S/C6H4O2/c7-4-2-1-3-5-6(4)8-5/h1-3,7H. The summed E-state index contributed by atoms with van der Waals surface area (Å²) in [5.41, 5.74) is 0. The van der Waals surface area contributed by atoms with E-state index in [1.54, 1.807) is 12.1 Å². The molecule has 0 saturated carbocycles. The molecule has 0 atom stereocenters. The third-order valence-corrected chi connectivity index (χ3v) is 1.13. The first-order valence-electron chi connectivity index (χ1n) is 2.38. The molecule has 2 nitrogen and oxygen atoms in total. The molecule has 0 amide bonds. The van der Waals surface area contributed by atoms with Gasteiger partial charge in [0, 0.05) is 0 Å². The Labute approximate surface area is 46.3 Å². The fourth-order valence-electron chi connectivity index (χ4n) is 0.675. The summed E-state index contributed by atoms with van der Waals surface area (Å²) in [5, 5.41) is 8.85. The highest BCUT2D eigenvalue weighted by molar-refractivity contribution is 5.62. The van der Waals surface area contributed by atoms with Gasteiger partial charge in [-0.25, -0.2) is 0 Å². The van der Waals surface area contributed by atoms with Crippen LogP contribution in [0.1, 0.15) is 0 Å². The van der Waals surface area contributed by atoms with Crippen LogP contribution in [0.5, 0.6) is 17.2 Å². The predicted octanol–water partition coefficient (Wildman–Crippen LogP) is 1.50. The van der Waals surface area contributed by atoms with Gasteiger partial charge < -0.3 is 9.84 Å². The molecule has 8 heavy (non-hydrogen) atoms. The minimum Gasteiger partial charge on any atom is -0.504 e. The molecule has 1 heterocycles. The van der Waals surface area contributed by atoms with Crippen LogP contribution in [-0.2, 0) is 0 Å². The highest BCUT2D eigenvalue weighted by Gasteiger charge is 2.22. The van der Waals surface area contributed by atoms with Gasteiger partial charge in [0.2, 0.25) is 5.75 Å². The van der Waals surface area contributed by atoms with Gasteiger partial charge >= 0.3 is 0 Å². The van der Waals surface area contributed by atoms with Gasteiger partial charge in [-0.1, -0.05) is 6.07 Å². The van der Waals surface area contributed by atoms with Crippen LogP contribution in [0.4, 0.5) is 0 Å². The zero-order valence-electron chi connectivity index (χ0n) is 4.09. The van der Waals surface area contributed by atoms with Crippen molar-refractivity contribution in [3.63, 3.8) is 0 Å². The van der Waals surface area contributed by atoms with Crippen molar-refractivity contribution in [2.45, 2.75) is 0 Å². The van der Waals surface area contributed by atoms with Gasteiger partial charge in [0.05, 0.1) is 0 Å². The van der Waals surface area contributed by atoms with E-state index in [2.05, 4.69) is 0 Å². The topological polar surface area (TPSA) is 32.8 Å². The molecule has 1 aliphatic rings. The third kappa shape index (κ3) is 0.320. The number of hydrogen-bond acceptors (Lipinski definition) is 2. The Hall–Kier alpha value is -1.18. The highest BCUT2D eigenvalue weighted by Crippen LogP contribution is 2.51. The Kier molecular flexibility index (Phi) is 0.457. The summed E-state index contributed by atoms with van der Waals surface area (Å²) < 4.78 is 4.82. The van der Waals surface area contributed by atoms with E-state index in [0.29, 0.717) is 5.75 Å². The molecule has 0 saturated heterocycles. The molecule has 0 spiro atoms. The van der Waals surface area contributed by atoms with Gasteiger partial charge in [-0.2, -0.15) is 0 Å². The van der Waals surface area contributed by atoms with Crippen molar-refractivity contribution in [2.24, 2.45) is 0 Å². The van der Waals surface area contributed by atoms with Gasteiger partial charge in [-0.05, 0) is 12.1 Å². The van der Waals surface area contributed by atoms with Crippen molar-refractivity contribution >= 4 is 0 Å². The monoisotopic (exact) mass is 108 g/mol. The molecule has 1 aromatic carbocycles. The smallest absolute Gasteiger partial charge is 0.211 e. The molecule has 1 aliphatic heterocycles. The Morgan fingerprint density at radius 2 is 2.25 bits per heavy atom. The van der Waals surface area contributed by atoms with Crippen LogP contribution < -0.4 is 4.74 Å². The number of ether oxygens (including phenoxy) is 1. The number of rotatable bonds is 0. The fourth-order valence-corrected chi connectivity index (χ4v) is 0.675. The second kappa shape index (κ2) is 0.968. The molecule has 0 radical (unpaired) electrons. The van der Waals surface area contributed by atoms with Crippen LogP contribution in [0.15, 0.2) is 18.2 Å². The van der Waals surface area contributed by atoms with E-state index in [-0.39, 0.29) is 5.75 Å². The number of phenols is 1. The summed E-state index contributed by atoms with van der Waals surface area (Å²) in [6.45, 7) is 0.